The molecule has 0 aromatic heterocycles. The van der Waals surface area contributed by atoms with Crippen molar-refractivity contribution in [1.82, 2.24) is 5.32 Å². The van der Waals surface area contributed by atoms with Gasteiger partial charge >= 0.3 is 0 Å². The first-order valence-corrected chi connectivity index (χ1v) is 7.14. The highest BCUT2D eigenvalue weighted by Crippen LogP contribution is 2.27. The van der Waals surface area contributed by atoms with Gasteiger partial charge in [0.15, 0.2) is 0 Å². The van der Waals surface area contributed by atoms with Crippen molar-refractivity contribution in [3.05, 3.63) is 29.6 Å². The number of benzene rings is 1. The average Bonchev–Trinajstić information content (AvgIpc) is 2.34. The molecular weight excluding hydrogens is 237 g/mol. The van der Waals surface area contributed by atoms with Crippen LogP contribution in [0.1, 0.15) is 24.9 Å². The lowest BCUT2D eigenvalue weighted by Gasteiger charge is -2.17. The molecule has 2 nitrogen and oxygen atoms in total. The van der Waals surface area contributed by atoms with Gasteiger partial charge in [0, 0.05) is 11.6 Å². The molecule has 0 fully saturated rings. The number of hydrogen-bond acceptors (Lipinski definition) is 3. The lowest BCUT2D eigenvalue weighted by molar-refractivity contribution is 0.394. The van der Waals surface area contributed by atoms with Gasteiger partial charge in [0.25, 0.3) is 0 Å². The van der Waals surface area contributed by atoms with E-state index in [0.717, 1.165) is 18.7 Å². The van der Waals surface area contributed by atoms with Gasteiger partial charge in [-0.3, -0.25) is 0 Å². The van der Waals surface area contributed by atoms with Crippen LogP contribution in [-0.4, -0.2) is 25.7 Å². The minimum Gasteiger partial charge on any atom is -0.496 e. The van der Waals surface area contributed by atoms with Gasteiger partial charge in [-0.05, 0) is 44.0 Å². The molecule has 0 spiro atoms. The third-order valence-electron chi connectivity index (χ3n) is 2.64. The number of rotatable bonds is 7. The Labute approximate surface area is 107 Å². The number of methoxy groups -OCH3 is 1. The SMILES string of the molecule is COc1cccc(F)c1C(C)NCCCSC. The van der Waals surface area contributed by atoms with E-state index in [1.54, 1.807) is 19.2 Å². The van der Waals surface area contributed by atoms with Gasteiger partial charge in [-0.25, -0.2) is 4.39 Å². The summed E-state index contributed by atoms with van der Waals surface area (Å²) in [5.41, 5.74) is 0.610. The maximum atomic E-state index is 13.7. The van der Waals surface area contributed by atoms with Crippen LogP contribution in [0.25, 0.3) is 0 Å². The number of thioether (sulfide) groups is 1. The van der Waals surface area contributed by atoms with Crippen LogP contribution in [0.4, 0.5) is 4.39 Å². The fraction of sp³-hybridized carbons (Fsp3) is 0.538. The maximum absolute atomic E-state index is 13.7. The van der Waals surface area contributed by atoms with Crippen LogP contribution in [0.5, 0.6) is 5.75 Å². The fourth-order valence-corrected chi connectivity index (χ4v) is 2.19. The van der Waals surface area contributed by atoms with E-state index in [0.29, 0.717) is 11.3 Å². The van der Waals surface area contributed by atoms with E-state index < -0.39 is 0 Å². The normalized spacial score (nSPS) is 12.5. The largest absolute Gasteiger partial charge is 0.496 e. The lowest BCUT2D eigenvalue weighted by Crippen LogP contribution is -2.21. The molecule has 0 heterocycles. The highest BCUT2D eigenvalue weighted by molar-refractivity contribution is 7.98. The van der Waals surface area contributed by atoms with E-state index >= 15 is 0 Å². The van der Waals surface area contributed by atoms with Crippen LogP contribution in [0.15, 0.2) is 18.2 Å². The Hall–Kier alpha value is -0.740. The van der Waals surface area contributed by atoms with Crippen LogP contribution in [-0.2, 0) is 0 Å². The molecule has 0 aliphatic heterocycles. The zero-order valence-corrected chi connectivity index (χ0v) is 11.4. The molecule has 0 aliphatic carbocycles. The van der Waals surface area contributed by atoms with Crippen molar-refractivity contribution in [3.63, 3.8) is 0 Å². The second kappa shape index (κ2) is 7.56. The third-order valence-corrected chi connectivity index (χ3v) is 3.34. The summed E-state index contributed by atoms with van der Waals surface area (Å²) in [4.78, 5) is 0. The summed E-state index contributed by atoms with van der Waals surface area (Å²) >= 11 is 1.82. The molecule has 1 atom stereocenters. The molecule has 1 N–H and O–H groups in total. The number of hydrogen-bond donors (Lipinski definition) is 1. The fourth-order valence-electron chi connectivity index (χ4n) is 1.75. The molecule has 0 saturated carbocycles. The molecule has 17 heavy (non-hydrogen) atoms. The maximum Gasteiger partial charge on any atom is 0.131 e. The first-order valence-electron chi connectivity index (χ1n) is 5.75. The number of halogens is 1. The second-order valence-electron chi connectivity index (χ2n) is 3.88. The van der Waals surface area contributed by atoms with E-state index in [4.69, 9.17) is 4.74 Å². The summed E-state index contributed by atoms with van der Waals surface area (Å²) in [5, 5.41) is 3.32. The predicted molar refractivity (Wildman–Crippen MR) is 72.4 cm³/mol. The minimum absolute atomic E-state index is 0.0343. The molecule has 96 valence electrons. The summed E-state index contributed by atoms with van der Waals surface area (Å²) in [7, 11) is 1.57. The molecule has 0 radical (unpaired) electrons. The Balaban J connectivity index is 2.64. The van der Waals surface area contributed by atoms with Crippen LogP contribution in [0, 0.1) is 5.82 Å². The second-order valence-corrected chi connectivity index (χ2v) is 4.86. The van der Waals surface area contributed by atoms with Crippen molar-refractivity contribution in [2.75, 3.05) is 25.7 Å². The molecule has 0 bridgehead atoms. The Morgan fingerprint density at radius 2 is 2.24 bits per heavy atom. The van der Waals surface area contributed by atoms with Crippen LogP contribution >= 0.6 is 11.8 Å². The lowest BCUT2D eigenvalue weighted by atomic mass is 10.1. The van der Waals surface area contributed by atoms with Gasteiger partial charge in [0.1, 0.15) is 11.6 Å². The van der Waals surface area contributed by atoms with Crippen LogP contribution < -0.4 is 10.1 Å². The molecule has 1 aromatic rings. The Kier molecular flexibility index (Phi) is 6.37. The van der Waals surface area contributed by atoms with E-state index in [1.165, 1.54) is 6.07 Å². The quantitative estimate of drug-likeness (QED) is 0.758. The van der Waals surface area contributed by atoms with Crippen molar-refractivity contribution in [2.45, 2.75) is 19.4 Å². The Morgan fingerprint density at radius 1 is 1.47 bits per heavy atom. The highest BCUT2D eigenvalue weighted by Gasteiger charge is 2.15. The third kappa shape index (κ3) is 4.21. The Morgan fingerprint density at radius 3 is 2.88 bits per heavy atom. The van der Waals surface area contributed by atoms with E-state index in [9.17, 15) is 4.39 Å². The summed E-state index contributed by atoms with van der Waals surface area (Å²) in [6.07, 6.45) is 3.17. The van der Waals surface area contributed by atoms with E-state index in [2.05, 4.69) is 11.6 Å². The van der Waals surface area contributed by atoms with Crippen LogP contribution in [0.2, 0.25) is 0 Å². The van der Waals surface area contributed by atoms with Gasteiger partial charge < -0.3 is 10.1 Å². The molecule has 1 unspecified atom stereocenters. The molecule has 1 aromatic carbocycles. The van der Waals surface area contributed by atoms with Crippen LogP contribution in [0.3, 0.4) is 0 Å². The first kappa shape index (κ1) is 14.3. The topological polar surface area (TPSA) is 21.3 Å². The minimum atomic E-state index is -0.214. The predicted octanol–water partition coefficient (Wildman–Crippen LogP) is 3.24. The molecule has 0 saturated heterocycles. The van der Waals surface area contributed by atoms with E-state index in [1.807, 2.05) is 18.7 Å². The molecular formula is C13H20FNOS. The first-order chi connectivity index (χ1) is 8.20. The number of nitrogens with one attached hydrogen (secondary N) is 1. The molecule has 0 aliphatic rings. The van der Waals surface area contributed by atoms with Crippen molar-refractivity contribution < 1.29 is 9.13 Å². The smallest absolute Gasteiger partial charge is 0.131 e. The summed E-state index contributed by atoms with van der Waals surface area (Å²) < 4.78 is 18.9. The zero-order chi connectivity index (χ0) is 12.7. The summed E-state index contributed by atoms with van der Waals surface area (Å²) in [6, 6.07) is 4.89. The molecule has 1 rings (SSSR count). The Bertz CT molecular complexity index is 346. The van der Waals surface area contributed by atoms with Gasteiger partial charge in [-0.15, -0.1) is 0 Å². The van der Waals surface area contributed by atoms with Crippen molar-refractivity contribution >= 4 is 11.8 Å². The van der Waals surface area contributed by atoms with Crippen molar-refractivity contribution in [3.8, 4) is 5.75 Å². The van der Waals surface area contributed by atoms with Gasteiger partial charge in [-0.2, -0.15) is 11.8 Å². The van der Waals surface area contributed by atoms with Gasteiger partial charge in [-0.1, -0.05) is 6.07 Å². The molecule has 4 heteroatoms. The number of ether oxygens (including phenoxy) is 1. The monoisotopic (exact) mass is 257 g/mol. The van der Waals surface area contributed by atoms with Crippen molar-refractivity contribution in [2.24, 2.45) is 0 Å². The summed E-state index contributed by atoms with van der Waals surface area (Å²) in [5.74, 6) is 1.51. The zero-order valence-electron chi connectivity index (χ0n) is 10.6. The van der Waals surface area contributed by atoms with E-state index in [-0.39, 0.29) is 11.9 Å². The molecule has 0 amide bonds. The van der Waals surface area contributed by atoms with Gasteiger partial charge in [0.2, 0.25) is 0 Å². The standard InChI is InChI=1S/C13H20FNOS/c1-10(15-8-5-9-17-3)13-11(14)6-4-7-12(13)16-2/h4,6-7,10,15H,5,8-9H2,1-3H3. The van der Waals surface area contributed by atoms with Crippen molar-refractivity contribution in [1.29, 1.82) is 0 Å². The average molecular weight is 257 g/mol. The highest BCUT2D eigenvalue weighted by atomic mass is 32.2. The summed E-state index contributed by atoms with van der Waals surface area (Å²) in [6.45, 7) is 2.85. The van der Waals surface area contributed by atoms with Gasteiger partial charge in [0.05, 0.1) is 7.11 Å².